The number of urea groups is 1. The predicted molar refractivity (Wildman–Crippen MR) is 108 cm³/mol. The second-order valence-electron chi connectivity index (χ2n) is 6.81. The molecule has 0 unspecified atom stereocenters. The van der Waals surface area contributed by atoms with Crippen molar-refractivity contribution >= 4 is 23.4 Å². The van der Waals surface area contributed by atoms with Gasteiger partial charge in [-0.05, 0) is 42.8 Å². The Kier molecular flexibility index (Phi) is 5.45. The van der Waals surface area contributed by atoms with Crippen molar-refractivity contribution in [2.24, 2.45) is 0 Å². The van der Waals surface area contributed by atoms with Crippen LogP contribution in [-0.4, -0.2) is 29.1 Å². The van der Waals surface area contributed by atoms with E-state index in [4.69, 9.17) is 0 Å². The number of carbonyl (C=O) groups is 1. The summed E-state index contributed by atoms with van der Waals surface area (Å²) in [4.78, 5) is 22.6. The molecule has 0 fully saturated rings. The second kappa shape index (κ2) is 8.21. The molecule has 4 rings (SSSR count). The third kappa shape index (κ3) is 4.27. The molecule has 2 N–H and O–H groups in total. The maximum atomic E-state index is 14.6. The lowest BCUT2D eigenvalue weighted by molar-refractivity contribution is -0.139. The molecule has 6 nitrogen and oxygen atoms in total. The minimum Gasteiger partial charge on any atom is -0.382 e. The molecule has 3 aromatic rings. The zero-order valence-electron chi connectivity index (χ0n) is 16.1. The van der Waals surface area contributed by atoms with Crippen LogP contribution in [0.15, 0.2) is 54.7 Å². The number of amides is 2. The van der Waals surface area contributed by atoms with Gasteiger partial charge in [-0.2, -0.15) is 13.2 Å². The Morgan fingerprint density at radius 2 is 1.94 bits per heavy atom. The van der Waals surface area contributed by atoms with Crippen molar-refractivity contribution in [3.8, 4) is 11.3 Å². The van der Waals surface area contributed by atoms with E-state index in [1.807, 2.05) is 0 Å². The van der Waals surface area contributed by atoms with Crippen LogP contribution in [0.1, 0.15) is 12.0 Å². The van der Waals surface area contributed by atoms with Crippen molar-refractivity contribution in [2.75, 3.05) is 28.6 Å². The summed E-state index contributed by atoms with van der Waals surface area (Å²) in [6, 6.07) is 10.6. The highest BCUT2D eigenvalue weighted by Crippen LogP contribution is 2.36. The number of carbonyl (C=O) groups excluding carboxylic acids is 1. The molecule has 10 heteroatoms. The Labute approximate surface area is 174 Å². The third-order valence-corrected chi connectivity index (χ3v) is 4.73. The normalized spacial score (nSPS) is 13.7. The number of benzene rings is 1. The quantitative estimate of drug-likeness (QED) is 0.551. The number of aromatic nitrogens is 2. The van der Waals surface area contributed by atoms with Gasteiger partial charge in [0.25, 0.3) is 0 Å². The summed E-state index contributed by atoms with van der Waals surface area (Å²) < 4.78 is 54.0. The van der Waals surface area contributed by atoms with Crippen LogP contribution in [0.2, 0.25) is 0 Å². The average Bonchev–Trinajstić information content (AvgIpc) is 2.96. The smallest absolute Gasteiger partial charge is 0.382 e. The molecule has 160 valence electrons. The van der Waals surface area contributed by atoms with Crippen molar-refractivity contribution < 1.29 is 22.4 Å². The van der Waals surface area contributed by atoms with E-state index in [1.54, 1.807) is 24.3 Å². The average molecular weight is 431 g/mol. The highest BCUT2D eigenvalue weighted by molar-refractivity contribution is 6.02. The highest BCUT2D eigenvalue weighted by atomic mass is 19.4. The van der Waals surface area contributed by atoms with E-state index < -0.39 is 23.6 Å². The molecule has 2 amide bonds. The highest BCUT2D eigenvalue weighted by Gasteiger charge is 2.35. The van der Waals surface area contributed by atoms with Crippen molar-refractivity contribution in [1.29, 1.82) is 0 Å². The molecule has 2 aromatic heterocycles. The van der Waals surface area contributed by atoms with E-state index >= 15 is 0 Å². The SMILES string of the molecule is O=C(Nc1ccccn1)N1CCCNc2ccc(-c3cccc(C(F)(F)F)c3F)nc21. The number of halogens is 4. The maximum absolute atomic E-state index is 14.6. The van der Waals surface area contributed by atoms with Gasteiger partial charge in [0.2, 0.25) is 0 Å². The van der Waals surface area contributed by atoms with Crippen molar-refractivity contribution in [3.05, 3.63) is 66.1 Å². The van der Waals surface area contributed by atoms with E-state index in [2.05, 4.69) is 20.6 Å². The molecular formula is C21H17F4N5O. The molecule has 0 atom stereocenters. The van der Waals surface area contributed by atoms with Crippen LogP contribution in [0.3, 0.4) is 0 Å². The summed E-state index contributed by atoms with van der Waals surface area (Å²) in [6.07, 6.45) is -2.69. The topological polar surface area (TPSA) is 70.2 Å². The maximum Gasteiger partial charge on any atom is 0.419 e. The Morgan fingerprint density at radius 1 is 1.10 bits per heavy atom. The number of alkyl halides is 3. The Morgan fingerprint density at radius 3 is 2.68 bits per heavy atom. The van der Waals surface area contributed by atoms with E-state index in [0.717, 1.165) is 6.07 Å². The number of hydrogen-bond acceptors (Lipinski definition) is 4. The summed E-state index contributed by atoms with van der Waals surface area (Å²) in [5, 5.41) is 5.79. The Bertz CT molecular complexity index is 1100. The fourth-order valence-electron chi connectivity index (χ4n) is 3.27. The second-order valence-corrected chi connectivity index (χ2v) is 6.81. The minimum atomic E-state index is -4.83. The molecule has 3 heterocycles. The first-order valence-corrected chi connectivity index (χ1v) is 9.45. The van der Waals surface area contributed by atoms with Gasteiger partial charge in [0, 0.05) is 24.8 Å². The number of nitrogens with zero attached hydrogens (tertiary/aromatic N) is 3. The van der Waals surface area contributed by atoms with Crippen LogP contribution in [-0.2, 0) is 6.18 Å². The summed E-state index contributed by atoms with van der Waals surface area (Å²) in [6.45, 7) is 0.875. The van der Waals surface area contributed by atoms with Gasteiger partial charge in [-0.25, -0.2) is 19.2 Å². The summed E-state index contributed by atoms with van der Waals surface area (Å²) in [7, 11) is 0. The first kappa shape index (κ1) is 20.6. The van der Waals surface area contributed by atoms with Crippen molar-refractivity contribution in [1.82, 2.24) is 9.97 Å². The standard InChI is InChI=1S/C21H17F4N5O/c22-18-13(5-3-6-14(18)21(23,24)25)15-8-9-16-19(28-15)30(12-4-11-26-16)20(31)29-17-7-1-2-10-27-17/h1-3,5-10,26H,4,11-12H2,(H,27,29,31). The molecular weight excluding hydrogens is 414 g/mol. The van der Waals surface area contributed by atoms with Gasteiger partial charge in [-0.1, -0.05) is 12.1 Å². The number of rotatable bonds is 2. The predicted octanol–water partition coefficient (Wildman–Crippen LogP) is 5.16. The first-order valence-electron chi connectivity index (χ1n) is 9.45. The van der Waals surface area contributed by atoms with Crippen LogP contribution >= 0.6 is 0 Å². The van der Waals surface area contributed by atoms with Gasteiger partial charge < -0.3 is 5.32 Å². The molecule has 0 aliphatic carbocycles. The number of fused-ring (bicyclic) bond motifs is 1. The molecule has 0 radical (unpaired) electrons. The molecule has 31 heavy (non-hydrogen) atoms. The lowest BCUT2D eigenvalue weighted by atomic mass is 10.1. The number of pyridine rings is 2. The van der Waals surface area contributed by atoms with Gasteiger partial charge in [0.1, 0.15) is 11.6 Å². The van der Waals surface area contributed by atoms with Gasteiger partial charge >= 0.3 is 12.2 Å². The van der Waals surface area contributed by atoms with E-state index in [0.29, 0.717) is 37.1 Å². The third-order valence-electron chi connectivity index (χ3n) is 4.73. The lowest BCUT2D eigenvalue weighted by Crippen LogP contribution is -2.36. The molecule has 1 aromatic carbocycles. The molecule has 0 spiro atoms. The number of nitrogens with one attached hydrogen (secondary N) is 2. The zero-order valence-corrected chi connectivity index (χ0v) is 16.1. The molecule has 1 aliphatic rings. The van der Waals surface area contributed by atoms with E-state index in [9.17, 15) is 22.4 Å². The monoisotopic (exact) mass is 431 g/mol. The van der Waals surface area contributed by atoms with Gasteiger partial charge in [-0.15, -0.1) is 0 Å². The van der Waals surface area contributed by atoms with Gasteiger partial charge in [0.15, 0.2) is 5.82 Å². The summed E-state index contributed by atoms with van der Waals surface area (Å²) >= 11 is 0. The van der Waals surface area contributed by atoms with Crippen LogP contribution in [0.5, 0.6) is 0 Å². The van der Waals surface area contributed by atoms with Crippen LogP contribution in [0, 0.1) is 5.82 Å². The fourth-order valence-corrected chi connectivity index (χ4v) is 3.27. The number of anilines is 3. The molecule has 1 aliphatic heterocycles. The van der Waals surface area contributed by atoms with Crippen molar-refractivity contribution in [2.45, 2.75) is 12.6 Å². The molecule has 0 bridgehead atoms. The minimum absolute atomic E-state index is 0.0123. The number of hydrogen-bond donors (Lipinski definition) is 2. The summed E-state index contributed by atoms with van der Waals surface area (Å²) in [5.74, 6) is -0.875. The van der Waals surface area contributed by atoms with Crippen LogP contribution in [0.4, 0.5) is 39.7 Å². The van der Waals surface area contributed by atoms with Crippen LogP contribution < -0.4 is 15.5 Å². The summed E-state index contributed by atoms with van der Waals surface area (Å²) in [5.41, 5.74) is -1.16. The Hall–Kier alpha value is -3.69. The van der Waals surface area contributed by atoms with Crippen molar-refractivity contribution in [3.63, 3.8) is 0 Å². The van der Waals surface area contributed by atoms with Gasteiger partial charge in [-0.3, -0.25) is 10.2 Å². The fraction of sp³-hybridized carbons (Fsp3) is 0.190. The zero-order chi connectivity index (χ0) is 22.0. The van der Waals surface area contributed by atoms with E-state index in [-0.39, 0.29) is 17.1 Å². The first-order chi connectivity index (χ1) is 14.8. The van der Waals surface area contributed by atoms with E-state index in [1.165, 1.54) is 23.2 Å². The Balaban J connectivity index is 1.73. The lowest BCUT2D eigenvalue weighted by Gasteiger charge is -2.22. The molecule has 0 saturated carbocycles. The van der Waals surface area contributed by atoms with Gasteiger partial charge in [0.05, 0.1) is 16.9 Å². The van der Waals surface area contributed by atoms with Crippen LogP contribution in [0.25, 0.3) is 11.3 Å². The largest absolute Gasteiger partial charge is 0.419 e. The molecule has 0 saturated heterocycles.